The molecule has 4 heteroatoms. The van der Waals surface area contributed by atoms with E-state index in [4.69, 9.17) is 11.0 Å². The van der Waals surface area contributed by atoms with E-state index < -0.39 is 0 Å². The Morgan fingerprint density at radius 3 is 2.83 bits per heavy atom. The highest BCUT2D eigenvalue weighted by Crippen LogP contribution is 2.33. The number of likely N-dealkylation sites (tertiary alicyclic amines) is 1. The first kappa shape index (κ1) is 12.6. The number of hydrogen-bond donors (Lipinski definition) is 1. The first-order valence-corrected chi connectivity index (χ1v) is 6.11. The molecule has 2 unspecified atom stereocenters. The van der Waals surface area contributed by atoms with Gasteiger partial charge in [-0.3, -0.25) is 4.79 Å². The van der Waals surface area contributed by atoms with Gasteiger partial charge in [0.05, 0.1) is 17.7 Å². The van der Waals surface area contributed by atoms with Gasteiger partial charge in [0.25, 0.3) is 0 Å². The molecule has 2 atom stereocenters. The van der Waals surface area contributed by atoms with Gasteiger partial charge in [-0.05, 0) is 31.5 Å². The number of nitrogens with two attached hydrogens (primary N) is 1. The van der Waals surface area contributed by atoms with Crippen LogP contribution in [0.15, 0.2) is 24.3 Å². The Morgan fingerprint density at radius 2 is 2.22 bits per heavy atom. The van der Waals surface area contributed by atoms with Crippen molar-refractivity contribution in [2.24, 2.45) is 5.73 Å². The van der Waals surface area contributed by atoms with Crippen LogP contribution in [0.3, 0.4) is 0 Å². The summed E-state index contributed by atoms with van der Waals surface area (Å²) in [6.07, 6.45) is 0.375. The number of hydrogen-bond acceptors (Lipinski definition) is 3. The maximum atomic E-state index is 11.9. The molecule has 1 aromatic rings. The Balaban J connectivity index is 2.41. The van der Waals surface area contributed by atoms with E-state index in [1.807, 2.05) is 36.9 Å². The molecule has 0 spiro atoms. The molecule has 94 valence electrons. The lowest BCUT2D eigenvalue weighted by molar-refractivity contribution is -0.130. The molecule has 0 bridgehead atoms. The normalized spacial score (nSPS) is 23.5. The smallest absolute Gasteiger partial charge is 0.225 e. The molecule has 1 aromatic carbocycles. The Bertz CT molecular complexity index is 504. The van der Waals surface area contributed by atoms with Gasteiger partial charge in [-0.15, -0.1) is 0 Å². The summed E-state index contributed by atoms with van der Waals surface area (Å²) in [4.78, 5) is 13.8. The highest BCUT2D eigenvalue weighted by atomic mass is 16.2. The lowest BCUT2D eigenvalue weighted by Gasteiger charge is -2.30. The second-order valence-electron chi connectivity index (χ2n) is 4.94. The highest BCUT2D eigenvalue weighted by Gasteiger charge is 2.39. The minimum atomic E-state index is -0.200. The van der Waals surface area contributed by atoms with E-state index in [0.717, 1.165) is 5.56 Å². The van der Waals surface area contributed by atoms with Crippen LogP contribution in [0.1, 0.15) is 37.4 Å². The summed E-state index contributed by atoms with van der Waals surface area (Å²) in [6, 6.07) is 9.25. The van der Waals surface area contributed by atoms with Gasteiger partial charge in [0.1, 0.15) is 0 Å². The van der Waals surface area contributed by atoms with Crippen molar-refractivity contribution < 1.29 is 4.79 Å². The molecule has 1 saturated heterocycles. The zero-order chi connectivity index (χ0) is 13.3. The number of nitriles is 1. The number of carbonyl (C=O) groups is 1. The van der Waals surface area contributed by atoms with Crippen LogP contribution in [0.5, 0.6) is 0 Å². The second kappa shape index (κ2) is 4.79. The Morgan fingerprint density at radius 1 is 1.50 bits per heavy atom. The van der Waals surface area contributed by atoms with Crippen LogP contribution < -0.4 is 5.73 Å². The summed E-state index contributed by atoms with van der Waals surface area (Å²) in [5.41, 5.74) is 7.62. The fourth-order valence-corrected chi connectivity index (χ4v) is 2.59. The van der Waals surface area contributed by atoms with Crippen molar-refractivity contribution in [3.8, 4) is 6.07 Å². The largest absolute Gasteiger partial charge is 0.332 e. The third-order valence-electron chi connectivity index (χ3n) is 3.32. The quantitative estimate of drug-likeness (QED) is 0.857. The molecule has 18 heavy (non-hydrogen) atoms. The van der Waals surface area contributed by atoms with Gasteiger partial charge in [-0.25, -0.2) is 0 Å². The summed E-state index contributed by atoms with van der Waals surface area (Å²) < 4.78 is 0. The zero-order valence-corrected chi connectivity index (χ0v) is 10.6. The van der Waals surface area contributed by atoms with Crippen LogP contribution in [0.4, 0.5) is 0 Å². The summed E-state index contributed by atoms with van der Waals surface area (Å²) in [7, 11) is 0. The molecule has 1 heterocycles. The van der Waals surface area contributed by atoms with E-state index in [-0.39, 0.29) is 24.0 Å². The van der Waals surface area contributed by atoms with Crippen molar-refractivity contribution in [1.29, 1.82) is 5.26 Å². The van der Waals surface area contributed by atoms with Crippen LogP contribution in [0.25, 0.3) is 0 Å². The number of nitrogens with zero attached hydrogens (tertiary/aromatic N) is 2. The van der Waals surface area contributed by atoms with Gasteiger partial charge >= 0.3 is 0 Å². The fourth-order valence-electron chi connectivity index (χ4n) is 2.59. The minimum absolute atomic E-state index is 0.0878. The minimum Gasteiger partial charge on any atom is -0.332 e. The van der Waals surface area contributed by atoms with Crippen molar-refractivity contribution in [1.82, 2.24) is 4.90 Å². The summed E-state index contributed by atoms with van der Waals surface area (Å²) in [6.45, 7) is 3.97. The van der Waals surface area contributed by atoms with Gasteiger partial charge in [-0.1, -0.05) is 12.1 Å². The molecule has 1 fully saturated rings. The molecule has 4 nitrogen and oxygen atoms in total. The Labute approximate surface area is 107 Å². The van der Waals surface area contributed by atoms with Crippen molar-refractivity contribution in [2.45, 2.75) is 38.4 Å². The van der Waals surface area contributed by atoms with Crippen molar-refractivity contribution in [2.75, 3.05) is 0 Å². The molecule has 2 N–H and O–H groups in total. The molecule has 1 amide bonds. The van der Waals surface area contributed by atoms with E-state index in [0.29, 0.717) is 12.0 Å². The molecule has 0 aromatic heterocycles. The fraction of sp³-hybridized carbons (Fsp3) is 0.429. The van der Waals surface area contributed by atoms with Crippen LogP contribution >= 0.6 is 0 Å². The third-order valence-corrected chi connectivity index (χ3v) is 3.32. The van der Waals surface area contributed by atoms with Gasteiger partial charge < -0.3 is 10.6 Å². The zero-order valence-electron chi connectivity index (χ0n) is 10.6. The monoisotopic (exact) mass is 243 g/mol. The van der Waals surface area contributed by atoms with E-state index in [9.17, 15) is 4.79 Å². The summed E-state index contributed by atoms with van der Waals surface area (Å²) in [5, 5.41) is 8.94. The molecule has 1 aliphatic heterocycles. The molecule has 0 aliphatic carbocycles. The van der Waals surface area contributed by atoms with Crippen LogP contribution in [-0.4, -0.2) is 22.9 Å². The third kappa shape index (κ3) is 2.09. The van der Waals surface area contributed by atoms with E-state index in [1.54, 1.807) is 6.07 Å². The molecule has 2 rings (SSSR count). The number of benzene rings is 1. The first-order valence-electron chi connectivity index (χ1n) is 6.11. The van der Waals surface area contributed by atoms with E-state index in [1.165, 1.54) is 0 Å². The average molecular weight is 243 g/mol. The highest BCUT2D eigenvalue weighted by molar-refractivity contribution is 5.80. The summed E-state index contributed by atoms with van der Waals surface area (Å²) >= 11 is 0. The average Bonchev–Trinajstić information content (AvgIpc) is 2.64. The number of rotatable bonds is 2. The lowest BCUT2D eigenvalue weighted by atomic mass is 9.98. The van der Waals surface area contributed by atoms with Crippen LogP contribution in [0.2, 0.25) is 0 Å². The van der Waals surface area contributed by atoms with Gasteiger partial charge in [0, 0.05) is 18.5 Å². The maximum absolute atomic E-state index is 11.9. The maximum Gasteiger partial charge on any atom is 0.225 e. The molecular weight excluding hydrogens is 226 g/mol. The van der Waals surface area contributed by atoms with Gasteiger partial charge in [0.2, 0.25) is 5.91 Å². The second-order valence-corrected chi connectivity index (χ2v) is 4.94. The van der Waals surface area contributed by atoms with Crippen LogP contribution in [0, 0.1) is 11.3 Å². The van der Waals surface area contributed by atoms with Gasteiger partial charge in [0.15, 0.2) is 0 Å². The predicted molar refractivity (Wildman–Crippen MR) is 68.5 cm³/mol. The number of amides is 1. The van der Waals surface area contributed by atoms with Crippen molar-refractivity contribution in [3.05, 3.63) is 35.4 Å². The molecular formula is C14H17N3O. The van der Waals surface area contributed by atoms with Crippen molar-refractivity contribution >= 4 is 5.91 Å². The Hall–Kier alpha value is -1.86. The summed E-state index contributed by atoms with van der Waals surface area (Å²) in [5.74, 6) is 0.0878. The van der Waals surface area contributed by atoms with Crippen LogP contribution in [-0.2, 0) is 4.79 Å². The molecule has 0 radical (unpaired) electrons. The van der Waals surface area contributed by atoms with Crippen molar-refractivity contribution in [3.63, 3.8) is 0 Å². The standard InChI is InChI=1S/C14H17N3O/c1-9(2)17-13(18)7-12(16)14(17)11-5-3-4-10(6-11)8-15/h3-6,9,12,14H,7,16H2,1-2H3. The number of carbonyl (C=O) groups excluding carboxylic acids is 1. The predicted octanol–water partition coefficient (Wildman–Crippen LogP) is 1.57. The first-order chi connectivity index (χ1) is 8.54. The molecule has 1 aliphatic rings. The Kier molecular flexibility index (Phi) is 3.35. The van der Waals surface area contributed by atoms with E-state index in [2.05, 4.69) is 6.07 Å². The van der Waals surface area contributed by atoms with Gasteiger partial charge in [-0.2, -0.15) is 5.26 Å². The lowest BCUT2D eigenvalue weighted by Crippen LogP contribution is -2.37. The topological polar surface area (TPSA) is 70.1 Å². The SMILES string of the molecule is CC(C)N1C(=O)CC(N)C1c1cccc(C#N)c1. The van der Waals surface area contributed by atoms with E-state index >= 15 is 0 Å². The molecule has 0 saturated carbocycles.